The van der Waals surface area contributed by atoms with Crippen LogP contribution in [0.5, 0.6) is 11.5 Å². The van der Waals surface area contributed by atoms with Gasteiger partial charge in [0.2, 0.25) is 10.0 Å². The number of nitrogens with one attached hydrogen (secondary N) is 2. The first-order valence-electron chi connectivity index (χ1n) is 11.1. The maximum absolute atomic E-state index is 12.4. The highest BCUT2D eigenvalue weighted by Crippen LogP contribution is 2.24. The van der Waals surface area contributed by atoms with Gasteiger partial charge in [-0.1, -0.05) is 12.1 Å². The Bertz CT molecular complexity index is 1300. The van der Waals surface area contributed by atoms with Gasteiger partial charge in [-0.3, -0.25) is 9.98 Å². The van der Waals surface area contributed by atoms with Gasteiger partial charge in [0.15, 0.2) is 0 Å². The van der Waals surface area contributed by atoms with Gasteiger partial charge in [-0.25, -0.2) is 13.1 Å². The summed E-state index contributed by atoms with van der Waals surface area (Å²) in [7, 11) is -2.29. The summed E-state index contributed by atoms with van der Waals surface area (Å²) in [6, 6.07) is 10.7. The van der Waals surface area contributed by atoms with E-state index in [2.05, 4.69) is 24.8 Å². The van der Waals surface area contributed by atoms with Crippen LogP contribution in [-0.4, -0.2) is 52.0 Å². The lowest BCUT2D eigenvalue weighted by Crippen LogP contribution is -2.31. The largest absolute Gasteiger partial charge is 0.573 e. The number of alkyl halides is 3. The standard InChI is InChI=1S/C25H29F3N4O4S/c1-17(16-29-4)19(3)32-23(22-7-5-6-8-24(22)33)15-18(2)30-13-14-31-37(34,35)21-11-9-20(10-12-21)36-25(26,27)28/h5-12,15-16,30-31,33H,13-14H2,1-4H3/b18-15+,19-17+,29-16?,32-23+. The molecule has 0 heterocycles. The number of sulfonamides is 1. The zero-order valence-corrected chi connectivity index (χ0v) is 21.6. The lowest BCUT2D eigenvalue weighted by Gasteiger charge is -2.12. The van der Waals surface area contributed by atoms with E-state index in [1.54, 1.807) is 50.5 Å². The van der Waals surface area contributed by atoms with Crippen molar-refractivity contribution in [2.45, 2.75) is 32.0 Å². The highest BCUT2D eigenvalue weighted by Gasteiger charge is 2.31. The van der Waals surface area contributed by atoms with Crippen LogP contribution in [0.1, 0.15) is 26.3 Å². The third-order valence-electron chi connectivity index (χ3n) is 4.90. The van der Waals surface area contributed by atoms with Crippen LogP contribution in [0, 0.1) is 0 Å². The van der Waals surface area contributed by atoms with Crippen molar-refractivity contribution in [1.82, 2.24) is 10.0 Å². The summed E-state index contributed by atoms with van der Waals surface area (Å²) in [5, 5.41) is 13.4. The number of benzene rings is 2. The molecule has 0 aliphatic rings. The molecular weight excluding hydrogens is 509 g/mol. The van der Waals surface area contributed by atoms with Crippen molar-refractivity contribution in [3.8, 4) is 11.5 Å². The summed E-state index contributed by atoms with van der Waals surface area (Å²) < 4.78 is 67.8. The predicted octanol–water partition coefficient (Wildman–Crippen LogP) is 4.55. The van der Waals surface area contributed by atoms with E-state index < -0.39 is 22.1 Å². The molecule has 2 aromatic rings. The summed E-state index contributed by atoms with van der Waals surface area (Å²) in [6.45, 7) is 5.67. The molecule has 2 aromatic carbocycles. The molecule has 0 aliphatic carbocycles. The van der Waals surface area contributed by atoms with Gasteiger partial charge in [0.05, 0.1) is 10.6 Å². The fourth-order valence-electron chi connectivity index (χ4n) is 3.02. The maximum Gasteiger partial charge on any atom is 0.573 e. The smallest absolute Gasteiger partial charge is 0.507 e. The van der Waals surface area contributed by atoms with Crippen LogP contribution in [0.15, 0.2) is 86.5 Å². The molecule has 3 N–H and O–H groups in total. The first-order valence-corrected chi connectivity index (χ1v) is 12.5. The average Bonchev–Trinajstić information content (AvgIpc) is 2.81. The SMILES string of the molecule is CN=C/C(C)=C(C)/N=C(\C=C(/C)NCCNS(=O)(=O)c1ccc(OC(F)(F)F)cc1)c1ccccc1O. The maximum atomic E-state index is 12.4. The molecule has 0 radical (unpaired) electrons. The number of phenolic OH excluding ortho intramolecular Hbond substituents is 1. The second-order valence-electron chi connectivity index (χ2n) is 7.84. The molecule has 200 valence electrons. The van der Waals surface area contributed by atoms with Crippen LogP contribution in [0.25, 0.3) is 0 Å². The lowest BCUT2D eigenvalue weighted by atomic mass is 10.1. The number of hydrogen-bond acceptors (Lipinski definition) is 7. The van der Waals surface area contributed by atoms with E-state index in [4.69, 9.17) is 0 Å². The summed E-state index contributed by atoms with van der Waals surface area (Å²) in [6.07, 6.45) is -1.46. The highest BCUT2D eigenvalue weighted by molar-refractivity contribution is 7.89. The molecule has 0 saturated heterocycles. The van der Waals surface area contributed by atoms with Gasteiger partial charge in [-0.15, -0.1) is 13.2 Å². The number of aliphatic imine (C=N–C) groups is 2. The minimum Gasteiger partial charge on any atom is -0.507 e. The Morgan fingerprint density at radius 1 is 1.05 bits per heavy atom. The molecule has 37 heavy (non-hydrogen) atoms. The number of para-hydroxylation sites is 1. The first kappa shape index (κ1) is 29.6. The van der Waals surface area contributed by atoms with Gasteiger partial charge in [0.25, 0.3) is 0 Å². The van der Waals surface area contributed by atoms with E-state index in [0.29, 0.717) is 22.7 Å². The molecule has 0 bridgehead atoms. The van der Waals surface area contributed by atoms with Gasteiger partial charge in [-0.05, 0) is 68.8 Å². The number of hydrogen-bond donors (Lipinski definition) is 3. The van der Waals surface area contributed by atoms with E-state index in [1.165, 1.54) is 0 Å². The molecule has 0 unspecified atom stereocenters. The zero-order valence-electron chi connectivity index (χ0n) is 20.8. The summed E-state index contributed by atoms with van der Waals surface area (Å²) in [5.41, 5.74) is 3.22. The van der Waals surface area contributed by atoms with Gasteiger partial charge >= 0.3 is 6.36 Å². The molecular formula is C25H29F3N4O4S. The molecule has 0 amide bonds. The fraction of sp³-hybridized carbons (Fsp3) is 0.280. The monoisotopic (exact) mass is 538 g/mol. The second kappa shape index (κ2) is 13.1. The molecule has 0 aliphatic heterocycles. The van der Waals surface area contributed by atoms with Crippen molar-refractivity contribution in [1.29, 1.82) is 0 Å². The Kier molecular flexibility index (Phi) is 10.4. The highest BCUT2D eigenvalue weighted by atomic mass is 32.2. The van der Waals surface area contributed by atoms with Crippen molar-refractivity contribution < 1.29 is 31.4 Å². The Morgan fingerprint density at radius 2 is 1.70 bits per heavy atom. The van der Waals surface area contributed by atoms with E-state index in [9.17, 15) is 26.7 Å². The van der Waals surface area contributed by atoms with Crippen molar-refractivity contribution in [2.75, 3.05) is 20.1 Å². The van der Waals surface area contributed by atoms with Gasteiger partial charge < -0.3 is 15.2 Å². The van der Waals surface area contributed by atoms with E-state index in [0.717, 1.165) is 29.8 Å². The van der Waals surface area contributed by atoms with Crippen LogP contribution in [0.3, 0.4) is 0 Å². The number of halogens is 3. The quantitative estimate of drug-likeness (QED) is 0.287. The summed E-state index contributed by atoms with van der Waals surface area (Å²) >= 11 is 0. The Balaban J connectivity index is 2.09. The molecule has 0 aromatic heterocycles. The Hall–Kier alpha value is -3.64. The lowest BCUT2D eigenvalue weighted by molar-refractivity contribution is -0.274. The van der Waals surface area contributed by atoms with Gasteiger partial charge in [0.1, 0.15) is 11.5 Å². The summed E-state index contributed by atoms with van der Waals surface area (Å²) in [5.74, 6) is -0.461. The second-order valence-corrected chi connectivity index (χ2v) is 9.61. The van der Waals surface area contributed by atoms with Crippen molar-refractivity contribution in [2.24, 2.45) is 9.98 Å². The first-order chi connectivity index (χ1) is 17.3. The Morgan fingerprint density at radius 3 is 2.30 bits per heavy atom. The topological polar surface area (TPSA) is 112 Å². The predicted molar refractivity (Wildman–Crippen MR) is 138 cm³/mol. The number of allylic oxidation sites excluding steroid dienone is 4. The number of aromatic hydroxyl groups is 1. The molecule has 0 fully saturated rings. The molecule has 2 rings (SSSR count). The number of ether oxygens (including phenoxy) is 1. The molecule has 0 spiro atoms. The zero-order chi connectivity index (χ0) is 27.6. The van der Waals surface area contributed by atoms with E-state index >= 15 is 0 Å². The number of nitrogens with zero attached hydrogens (tertiary/aromatic N) is 2. The van der Waals surface area contributed by atoms with Crippen molar-refractivity contribution >= 4 is 21.9 Å². The number of rotatable bonds is 11. The molecule has 0 atom stereocenters. The minimum atomic E-state index is -4.86. The minimum absolute atomic E-state index is 0.00236. The van der Waals surface area contributed by atoms with E-state index in [1.807, 2.05) is 13.8 Å². The third kappa shape index (κ3) is 9.73. The average molecular weight is 539 g/mol. The van der Waals surface area contributed by atoms with Crippen molar-refractivity contribution in [3.63, 3.8) is 0 Å². The fourth-order valence-corrected chi connectivity index (χ4v) is 4.05. The van der Waals surface area contributed by atoms with Crippen LogP contribution >= 0.6 is 0 Å². The molecule has 12 heteroatoms. The molecule has 8 nitrogen and oxygen atoms in total. The van der Waals surface area contributed by atoms with Crippen LogP contribution in [0.2, 0.25) is 0 Å². The normalized spacial score (nSPS) is 14.0. The Labute approximate surface area is 214 Å². The van der Waals surface area contributed by atoms with Gasteiger partial charge in [-0.2, -0.15) is 0 Å². The van der Waals surface area contributed by atoms with Crippen LogP contribution in [-0.2, 0) is 10.0 Å². The van der Waals surface area contributed by atoms with E-state index in [-0.39, 0.29) is 23.7 Å². The van der Waals surface area contributed by atoms with Crippen molar-refractivity contribution in [3.05, 3.63) is 77.1 Å². The van der Waals surface area contributed by atoms with Gasteiger partial charge in [0, 0.05) is 43.3 Å². The summed E-state index contributed by atoms with van der Waals surface area (Å²) in [4.78, 5) is 8.43. The number of phenols is 1. The molecule has 0 saturated carbocycles. The third-order valence-corrected chi connectivity index (χ3v) is 6.38. The van der Waals surface area contributed by atoms with Crippen LogP contribution in [0.4, 0.5) is 13.2 Å². The van der Waals surface area contributed by atoms with Crippen LogP contribution < -0.4 is 14.8 Å².